The van der Waals surface area contributed by atoms with Crippen LogP contribution in [0.2, 0.25) is 0 Å². The second-order valence-electron chi connectivity index (χ2n) is 6.27. The summed E-state index contributed by atoms with van der Waals surface area (Å²) < 4.78 is 5.45. The Hall–Kier alpha value is -3.14. The van der Waals surface area contributed by atoms with Gasteiger partial charge in [-0.1, -0.05) is 54.5 Å². The number of hydrogen-bond acceptors (Lipinski definition) is 5. The number of aliphatic hydroxyl groups is 1. The largest absolute Gasteiger partial charge is 0.449 e. The molecule has 28 heavy (non-hydrogen) atoms. The first-order valence-electron chi connectivity index (χ1n) is 8.89. The van der Waals surface area contributed by atoms with Crippen molar-refractivity contribution in [2.75, 3.05) is 13.2 Å². The van der Waals surface area contributed by atoms with Crippen LogP contribution in [0.25, 0.3) is 11.1 Å². The van der Waals surface area contributed by atoms with Crippen molar-refractivity contribution in [3.05, 3.63) is 75.7 Å². The van der Waals surface area contributed by atoms with E-state index in [0.717, 1.165) is 4.88 Å². The first-order chi connectivity index (χ1) is 13.8. The van der Waals surface area contributed by atoms with Gasteiger partial charge in [0, 0.05) is 12.1 Å². The summed E-state index contributed by atoms with van der Waals surface area (Å²) >= 11 is 1.33. The monoisotopic (exact) mass is 390 g/mol. The van der Waals surface area contributed by atoms with Gasteiger partial charge in [-0.2, -0.15) is 0 Å². The lowest BCUT2D eigenvalue weighted by atomic mass is 9.98. The van der Waals surface area contributed by atoms with Gasteiger partial charge in [-0.05, 0) is 28.2 Å². The van der Waals surface area contributed by atoms with Gasteiger partial charge in [-0.3, -0.25) is 0 Å². The van der Waals surface area contributed by atoms with E-state index in [1.807, 2.05) is 24.3 Å². The van der Waals surface area contributed by atoms with Crippen molar-refractivity contribution >= 4 is 17.4 Å². The Morgan fingerprint density at radius 3 is 2.46 bits per heavy atom. The highest BCUT2D eigenvalue weighted by Crippen LogP contribution is 2.44. The SMILES string of the molecule is O=C(NCC#Cc1ncc(CO)s1)OCC1c2ccccc2-c2ccccc21. The summed E-state index contributed by atoms with van der Waals surface area (Å²) in [5, 5.41) is 12.3. The van der Waals surface area contributed by atoms with E-state index in [9.17, 15) is 4.79 Å². The van der Waals surface area contributed by atoms with Gasteiger partial charge in [0.15, 0.2) is 5.01 Å². The van der Waals surface area contributed by atoms with Crippen molar-refractivity contribution in [1.82, 2.24) is 10.3 Å². The predicted molar refractivity (Wildman–Crippen MR) is 108 cm³/mol. The first-order valence-corrected chi connectivity index (χ1v) is 9.71. The molecule has 4 rings (SSSR count). The molecule has 2 aromatic carbocycles. The zero-order valence-corrected chi connectivity index (χ0v) is 15.8. The van der Waals surface area contributed by atoms with Crippen molar-refractivity contribution in [1.29, 1.82) is 0 Å². The molecule has 1 aromatic heterocycles. The third-order valence-corrected chi connectivity index (χ3v) is 5.47. The number of nitrogens with one attached hydrogen (secondary N) is 1. The summed E-state index contributed by atoms with van der Waals surface area (Å²) in [6.45, 7) is 0.404. The molecule has 0 saturated carbocycles. The van der Waals surface area contributed by atoms with Crippen LogP contribution < -0.4 is 5.32 Å². The molecule has 1 heterocycles. The van der Waals surface area contributed by atoms with E-state index in [4.69, 9.17) is 9.84 Å². The molecule has 0 atom stereocenters. The Balaban J connectivity index is 1.34. The minimum atomic E-state index is -0.494. The predicted octanol–water partition coefficient (Wildman–Crippen LogP) is 3.53. The Labute approximate surface area is 167 Å². The van der Waals surface area contributed by atoms with Crippen LogP contribution in [-0.4, -0.2) is 29.3 Å². The molecule has 140 valence electrons. The van der Waals surface area contributed by atoms with Crippen LogP contribution in [0, 0.1) is 11.8 Å². The lowest BCUT2D eigenvalue weighted by Gasteiger charge is -2.14. The van der Waals surface area contributed by atoms with Crippen LogP contribution >= 0.6 is 11.3 Å². The summed E-state index contributed by atoms with van der Waals surface area (Å²) in [6, 6.07) is 16.4. The van der Waals surface area contributed by atoms with Crippen molar-refractivity contribution in [2.24, 2.45) is 0 Å². The van der Waals surface area contributed by atoms with E-state index < -0.39 is 6.09 Å². The number of rotatable bonds is 4. The molecule has 0 aliphatic heterocycles. The minimum absolute atomic E-state index is 0.0384. The molecule has 2 N–H and O–H groups in total. The minimum Gasteiger partial charge on any atom is -0.449 e. The maximum absolute atomic E-state index is 12.0. The van der Waals surface area contributed by atoms with Crippen molar-refractivity contribution in [3.8, 4) is 23.0 Å². The standard InChI is InChI=1S/C22H18N2O3S/c25-13-15-12-24-21(28-15)10-5-11-23-22(26)27-14-20-18-8-3-1-6-16(18)17-7-2-4-9-19(17)20/h1-4,6-9,12,20,25H,11,13-14H2,(H,23,26). The highest BCUT2D eigenvalue weighted by atomic mass is 32.1. The molecule has 6 heteroatoms. The maximum atomic E-state index is 12.0. The number of aromatic nitrogens is 1. The lowest BCUT2D eigenvalue weighted by Crippen LogP contribution is -2.26. The molecule has 0 fully saturated rings. The van der Waals surface area contributed by atoms with E-state index in [0.29, 0.717) is 5.01 Å². The number of ether oxygens (including phenoxy) is 1. The van der Waals surface area contributed by atoms with Crippen LogP contribution in [0.1, 0.15) is 26.9 Å². The van der Waals surface area contributed by atoms with Crippen LogP contribution in [0.4, 0.5) is 4.79 Å². The molecular formula is C22H18N2O3S. The number of carbonyl (C=O) groups excluding carboxylic acids is 1. The Morgan fingerprint density at radius 1 is 1.14 bits per heavy atom. The molecule has 0 unspecified atom stereocenters. The van der Waals surface area contributed by atoms with Crippen LogP contribution in [-0.2, 0) is 11.3 Å². The molecule has 0 saturated heterocycles. The number of nitrogens with zero attached hydrogens (tertiary/aromatic N) is 1. The molecule has 1 aliphatic rings. The summed E-state index contributed by atoms with van der Waals surface area (Å²) in [7, 11) is 0. The summed E-state index contributed by atoms with van der Waals surface area (Å²) in [4.78, 5) is 16.9. The molecule has 1 amide bonds. The van der Waals surface area contributed by atoms with E-state index in [-0.39, 0.29) is 25.7 Å². The fourth-order valence-corrected chi connectivity index (χ4v) is 3.97. The Bertz CT molecular complexity index is 1020. The van der Waals surface area contributed by atoms with Gasteiger partial charge in [0.25, 0.3) is 0 Å². The molecular weight excluding hydrogens is 372 g/mol. The highest BCUT2D eigenvalue weighted by molar-refractivity contribution is 7.12. The van der Waals surface area contributed by atoms with Crippen LogP contribution in [0.5, 0.6) is 0 Å². The van der Waals surface area contributed by atoms with Crippen LogP contribution in [0.3, 0.4) is 0 Å². The topological polar surface area (TPSA) is 71.5 Å². The van der Waals surface area contributed by atoms with Gasteiger partial charge in [-0.25, -0.2) is 9.78 Å². The van der Waals surface area contributed by atoms with E-state index in [2.05, 4.69) is 46.4 Å². The Kier molecular flexibility index (Phi) is 5.38. The van der Waals surface area contributed by atoms with Gasteiger partial charge in [-0.15, -0.1) is 11.3 Å². The average Bonchev–Trinajstić information content (AvgIpc) is 3.32. The quantitative estimate of drug-likeness (QED) is 0.669. The Morgan fingerprint density at radius 2 is 1.82 bits per heavy atom. The second kappa shape index (κ2) is 8.26. The molecule has 0 spiro atoms. The molecule has 0 radical (unpaired) electrons. The summed E-state index contributed by atoms with van der Waals surface area (Å²) in [6.07, 6.45) is 1.10. The van der Waals surface area contributed by atoms with Crippen molar-refractivity contribution in [2.45, 2.75) is 12.5 Å². The number of hydrogen-bond donors (Lipinski definition) is 2. The number of carbonyl (C=O) groups is 1. The average molecular weight is 390 g/mol. The van der Waals surface area contributed by atoms with Crippen molar-refractivity contribution in [3.63, 3.8) is 0 Å². The highest BCUT2D eigenvalue weighted by Gasteiger charge is 2.28. The molecule has 1 aliphatic carbocycles. The van der Waals surface area contributed by atoms with E-state index in [1.165, 1.54) is 33.6 Å². The van der Waals surface area contributed by atoms with Gasteiger partial charge in [0.2, 0.25) is 0 Å². The first kappa shape index (κ1) is 18.2. The van der Waals surface area contributed by atoms with E-state index in [1.54, 1.807) is 6.20 Å². The number of amides is 1. The van der Waals surface area contributed by atoms with Gasteiger partial charge >= 0.3 is 6.09 Å². The zero-order chi connectivity index (χ0) is 19.3. The normalized spacial score (nSPS) is 11.9. The number of fused-ring (bicyclic) bond motifs is 3. The summed E-state index contributed by atoms with van der Waals surface area (Å²) in [5.41, 5.74) is 4.76. The maximum Gasteiger partial charge on any atom is 0.407 e. The smallest absolute Gasteiger partial charge is 0.407 e. The number of aliphatic hydroxyl groups excluding tert-OH is 1. The molecule has 0 bridgehead atoms. The third-order valence-electron chi connectivity index (χ3n) is 4.57. The second-order valence-corrected chi connectivity index (χ2v) is 7.39. The van der Waals surface area contributed by atoms with E-state index >= 15 is 0 Å². The number of alkyl carbamates (subject to hydrolysis) is 1. The fraction of sp³-hybridized carbons (Fsp3) is 0.182. The molecule has 5 nitrogen and oxygen atoms in total. The third kappa shape index (κ3) is 3.77. The number of benzene rings is 2. The van der Waals surface area contributed by atoms with Gasteiger partial charge < -0.3 is 15.2 Å². The van der Waals surface area contributed by atoms with Crippen LogP contribution in [0.15, 0.2) is 54.7 Å². The number of thiazole rings is 1. The molecule has 3 aromatic rings. The van der Waals surface area contributed by atoms with Crippen molar-refractivity contribution < 1.29 is 14.6 Å². The van der Waals surface area contributed by atoms with Gasteiger partial charge in [0.05, 0.1) is 18.0 Å². The summed E-state index contributed by atoms with van der Waals surface area (Å²) in [5.74, 6) is 5.73. The zero-order valence-electron chi connectivity index (χ0n) is 15.0. The van der Waals surface area contributed by atoms with Gasteiger partial charge in [0.1, 0.15) is 6.61 Å². The lowest BCUT2D eigenvalue weighted by molar-refractivity contribution is 0.144. The fourth-order valence-electron chi connectivity index (χ4n) is 3.32.